The summed E-state index contributed by atoms with van der Waals surface area (Å²) in [5.41, 5.74) is 8.43. The van der Waals surface area contributed by atoms with Crippen molar-refractivity contribution in [3.8, 4) is 5.75 Å². The second-order valence-electron chi connectivity index (χ2n) is 4.56. The van der Waals surface area contributed by atoms with Crippen molar-refractivity contribution in [1.82, 2.24) is 0 Å². The van der Waals surface area contributed by atoms with Crippen molar-refractivity contribution < 1.29 is 9.84 Å². The second kappa shape index (κ2) is 6.78. The fraction of sp³-hybridized carbons (Fsp3) is 0.176. The van der Waals surface area contributed by atoms with E-state index in [2.05, 4.69) is 0 Å². The van der Waals surface area contributed by atoms with Gasteiger partial charge in [-0.05, 0) is 35.7 Å². The van der Waals surface area contributed by atoms with Gasteiger partial charge >= 0.3 is 0 Å². The molecule has 2 aromatic carbocycles. The van der Waals surface area contributed by atoms with E-state index < -0.39 is 6.10 Å². The van der Waals surface area contributed by atoms with Gasteiger partial charge in [-0.25, -0.2) is 0 Å². The van der Waals surface area contributed by atoms with Crippen LogP contribution in [0, 0.1) is 0 Å². The first-order valence-corrected chi connectivity index (χ1v) is 6.54. The molecule has 2 aromatic rings. The van der Waals surface area contributed by atoms with Crippen LogP contribution >= 0.6 is 0 Å². The Morgan fingerprint density at radius 3 is 2.50 bits per heavy atom. The van der Waals surface area contributed by atoms with Crippen molar-refractivity contribution in [3.63, 3.8) is 0 Å². The third-order valence-electron chi connectivity index (χ3n) is 3.15. The van der Waals surface area contributed by atoms with Gasteiger partial charge in [-0.2, -0.15) is 0 Å². The minimum Gasteiger partial charge on any atom is -0.497 e. The smallest absolute Gasteiger partial charge is 0.118 e. The zero-order valence-electron chi connectivity index (χ0n) is 11.5. The lowest BCUT2D eigenvalue weighted by molar-refractivity contribution is 0.181. The van der Waals surface area contributed by atoms with Crippen LogP contribution in [0.4, 0.5) is 5.69 Å². The van der Waals surface area contributed by atoms with Crippen LogP contribution in [-0.4, -0.2) is 12.2 Å². The topological polar surface area (TPSA) is 55.5 Å². The molecule has 0 aromatic heterocycles. The number of hydrogen-bond acceptors (Lipinski definition) is 3. The van der Waals surface area contributed by atoms with Gasteiger partial charge in [0.2, 0.25) is 0 Å². The van der Waals surface area contributed by atoms with Gasteiger partial charge in [0.25, 0.3) is 0 Å². The van der Waals surface area contributed by atoms with Crippen LogP contribution in [0.25, 0.3) is 6.08 Å². The second-order valence-corrected chi connectivity index (χ2v) is 4.56. The van der Waals surface area contributed by atoms with Crippen LogP contribution in [0.15, 0.2) is 54.6 Å². The molecule has 0 radical (unpaired) electrons. The average molecular weight is 269 g/mol. The van der Waals surface area contributed by atoms with Crippen molar-refractivity contribution in [3.05, 3.63) is 65.7 Å². The molecule has 0 saturated heterocycles. The summed E-state index contributed by atoms with van der Waals surface area (Å²) >= 11 is 0. The maximum Gasteiger partial charge on any atom is 0.118 e. The average Bonchev–Trinajstić information content (AvgIpc) is 2.49. The Morgan fingerprint density at radius 2 is 1.85 bits per heavy atom. The monoisotopic (exact) mass is 269 g/mol. The molecule has 3 N–H and O–H groups in total. The Morgan fingerprint density at radius 1 is 1.15 bits per heavy atom. The first-order valence-electron chi connectivity index (χ1n) is 6.54. The molecule has 0 bridgehead atoms. The van der Waals surface area contributed by atoms with Gasteiger partial charge < -0.3 is 15.6 Å². The highest BCUT2D eigenvalue weighted by atomic mass is 16.5. The van der Waals surface area contributed by atoms with E-state index in [0.29, 0.717) is 6.42 Å². The third kappa shape index (κ3) is 3.62. The van der Waals surface area contributed by atoms with Crippen molar-refractivity contribution >= 4 is 11.8 Å². The number of para-hydroxylation sites is 1. The number of rotatable bonds is 5. The van der Waals surface area contributed by atoms with Gasteiger partial charge in [0.05, 0.1) is 13.2 Å². The van der Waals surface area contributed by atoms with Crippen LogP contribution < -0.4 is 10.5 Å². The minimum atomic E-state index is -0.526. The summed E-state index contributed by atoms with van der Waals surface area (Å²) < 4.78 is 5.09. The summed E-state index contributed by atoms with van der Waals surface area (Å²) in [5.74, 6) is 0.786. The quantitative estimate of drug-likeness (QED) is 0.818. The number of methoxy groups -OCH3 is 1. The highest BCUT2D eigenvalue weighted by Gasteiger charge is 2.05. The molecule has 104 valence electrons. The predicted octanol–water partition coefficient (Wildman–Crippen LogP) is 3.41. The fourth-order valence-corrected chi connectivity index (χ4v) is 1.95. The molecule has 0 heterocycles. The van der Waals surface area contributed by atoms with E-state index in [0.717, 1.165) is 22.6 Å². The molecular weight excluding hydrogens is 250 g/mol. The van der Waals surface area contributed by atoms with Crippen molar-refractivity contribution in [2.24, 2.45) is 0 Å². The molecule has 1 atom stereocenters. The summed E-state index contributed by atoms with van der Waals surface area (Å²) in [4.78, 5) is 0. The van der Waals surface area contributed by atoms with E-state index in [1.807, 2.05) is 60.7 Å². The summed E-state index contributed by atoms with van der Waals surface area (Å²) in [7, 11) is 1.62. The minimum absolute atomic E-state index is 0.526. The molecule has 0 amide bonds. The molecule has 0 aliphatic rings. The van der Waals surface area contributed by atoms with Gasteiger partial charge in [-0.15, -0.1) is 0 Å². The van der Waals surface area contributed by atoms with Crippen LogP contribution in [-0.2, 0) is 0 Å². The van der Waals surface area contributed by atoms with Crippen LogP contribution in [0.1, 0.15) is 23.7 Å². The van der Waals surface area contributed by atoms with Gasteiger partial charge in [-0.1, -0.05) is 42.5 Å². The van der Waals surface area contributed by atoms with E-state index in [-0.39, 0.29) is 0 Å². The Kier molecular flexibility index (Phi) is 4.80. The maximum atomic E-state index is 10.1. The largest absolute Gasteiger partial charge is 0.497 e. The van der Waals surface area contributed by atoms with E-state index in [9.17, 15) is 5.11 Å². The van der Waals surface area contributed by atoms with Gasteiger partial charge in [0, 0.05) is 5.69 Å². The Bertz CT molecular complexity index is 576. The summed E-state index contributed by atoms with van der Waals surface area (Å²) in [6.45, 7) is 0. The Hall–Kier alpha value is -2.26. The standard InChI is InChI=1S/C17H19NO2/c1-20-15-11-9-14(10-12-15)17(19)8-4-6-13-5-2-3-7-16(13)18/h2-7,9-12,17,19H,8,18H2,1H3/b6-4+. The van der Waals surface area contributed by atoms with E-state index >= 15 is 0 Å². The van der Waals surface area contributed by atoms with E-state index in [1.54, 1.807) is 7.11 Å². The molecule has 0 aliphatic carbocycles. The number of anilines is 1. The lowest BCUT2D eigenvalue weighted by Gasteiger charge is -2.09. The van der Waals surface area contributed by atoms with E-state index in [1.165, 1.54) is 0 Å². The SMILES string of the molecule is COc1ccc(C(O)C/C=C/c2ccccc2N)cc1. The normalized spacial score (nSPS) is 12.5. The van der Waals surface area contributed by atoms with Crippen LogP contribution in [0.3, 0.4) is 0 Å². The predicted molar refractivity (Wildman–Crippen MR) is 82.5 cm³/mol. The highest BCUT2D eigenvalue weighted by Crippen LogP contribution is 2.21. The highest BCUT2D eigenvalue weighted by molar-refractivity contribution is 5.64. The molecule has 0 aliphatic heterocycles. The molecular formula is C17H19NO2. The van der Waals surface area contributed by atoms with Gasteiger partial charge in [0.15, 0.2) is 0 Å². The molecule has 0 fully saturated rings. The van der Waals surface area contributed by atoms with Crippen molar-refractivity contribution in [2.75, 3.05) is 12.8 Å². The maximum absolute atomic E-state index is 10.1. The van der Waals surface area contributed by atoms with Gasteiger partial charge in [-0.3, -0.25) is 0 Å². The summed E-state index contributed by atoms with van der Waals surface area (Å²) in [6, 6.07) is 15.1. The number of aliphatic hydroxyl groups excluding tert-OH is 1. The van der Waals surface area contributed by atoms with Crippen molar-refractivity contribution in [2.45, 2.75) is 12.5 Å². The number of aliphatic hydroxyl groups is 1. The first kappa shape index (κ1) is 14.2. The number of nitrogen functional groups attached to an aromatic ring is 1. The lowest BCUT2D eigenvalue weighted by Crippen LogP contribution is -1.95. The molecule has 3 nitrogen and oxygen atoms in total. The molecule has 2 rings (SSSR count). The zero-order chi connectivity index (χ0) is 14.4. The summed E-state index contributed by atoms with van der Waals surface area (Å²) in [5, 5.41) is 10.1. The number of hydrogen-bond donors (Lipinski definition) is 2. The molecule has 0 spiro atoms. The first-order chi connectivity index (χ1) is 9.70. The molecule has 1 unspecified atom stereocenters. The van der Waals surface area contributed by atoms with Crippen LogP contribution in [0.5, 0.6) is 5.75 Å². The molecule has 3 heteroatoms. The number of benzene rings is 2. The zero-order valence-corrected chi connectivity index (χ0v) is 11.5. The Labute approximate surface area is 119 Å². The fourth-order valence-electron chi connectivity index (χ4n) is 1.95. The third-order valence-corrected chi connectivity index (χ3v) is 3.15. The molecule has 20 heavy (non-hydrogen) atoms. The molecule has 0 saturated carbocycles. The van der Waals surface area contributed by atoms with Gasteiger partial charge in [0.1, 0.15) is 5.75 Å². The lowest BCUT2D eigenvalue weighted by atomic mass is 10.1. The number of ether oxygens (including phenoxy) is 1. The number of nitrogens with two attached hydrogens (primary N) is 1. The van der Waals surface area contributed by atoms with Crippen molar-refractivity contribution in [1.29, 1.82) is 0 Å². The van der Waals surface area contributed by atoms with E-state index in [4.69, 9.17) is 10.5 Å². The van der Waals surface area contributed by atoms with Crippen LogP contribution in [0.2, 0.25) is 0 Å². The summed E-state index contributed by atoms with van der Waals surface area (Å²) in [6.07, 6.45) is 3.88. The Balaban J connectivity index is 1.97.